The van der Waals surface area contributed by atoms with Gasteiger partial charge in [0.25, 0.3) is 5.91 Å². The van der Waals surface area contributed by atoms with Crippen LogP contribution in [-0.2, 0) is 19.6 Å². The smallest absolute Gasteiger partial charge is 0.253 e. The molecule has 0 spiro atoms. The molecule has 1 aliphatic rings. The average Bonchev–Trinajstić information content (AvgIpc) is 2.41. The molecule has 0 radical (unpaired) electrons. The van der Waals surface area contributed by atoms with Gasteiger partial charge in [0.1, 0.15) is 6.10 Å². The van der Waals surface area contributed by atoms with Crippen molar-refractivity contribution >= 4 is 21.6 Å². The van der Waals surface area contributed by atoms with Crippen LogP contribution in [0.15, 0.2) is 23.1 Å². The van der Waals surface area contributed by atoms with Gasteiger partial charge in [0.2, 0.25) is 10.0 Å². The van der Waals surface area contributed by atoms with Crippen LogP contribution in [0.3, 0.4) is 0 Å². The van der Waals surface area contributed by atoms with Gasteiger partial charge >= 0.3 is 0 Å². The van der Waals surface area contributed by atoms with Gasteiger partial charge in [-0.3, -0.25) is 4.79 Å². The molecule has 0 aromatic heterocycles. The standard InChI is InChI=1S/C13H18N2O4S/c1-9-5-6-10(20(14,17)18)8-11(9)15-13(16)12-4-2-3-7-19-12/h5-6,8,12H,2-4,7H2,1H3,(H,15,16)(H2,14,17,18). The fraction of sp³-hybridized carbons (Fsp3) is 0.462. The number of primary sulfonamides is 1. The highest BCUT2D eigenvalue weighted by Crippen LogP contribution is 2.21. The lowest BCUT2D eigenvalue weighted by Gasteiger charge is -2.22. The van der Waals surface area contributed by atoms with Gasteiger partial charge in [-0.1, -0.05) is 6.07 Å². The number of benzene rings is 1. The zero-order valence-corrected chi connectivity index (χ0v) is 12.1. The van der Waals surface area contributed by atoms with Crippen LogP contribution in [0.5, 0.6) is 0 Å². The van der Waals surface area contributed by atoms with Crippen molar-refractivity contribution in [2.24, 2.45) is 5.14 Å². The third-order valence-electron chi connectivity index (χ3n) is 3.27. The monoisotopic (exact) mass is 298 g/mol. The Hall–Kier alpha value is -1.44. The number of hydrogen-bond acceptors (Lipinski definition) is 4. The number of amides is 1. The lowest BCUT2D eigenvalue weighted by Crippen LogP contribution is -2.33. The van der Waals surface area contributed by atoms with Gasteiger partial charge < -0.3 is 10.1 Å². The first-order valence-electron chi connectivity index (χ1n) is 6.44. The number of ether oxygens (including phenoxy) is 1. The topological polar surface area (TPSA) is 98.5 Å². The van der Waals surface area contributed by atoms with Gasteiger partial charge in [-0.15, -0.1) is 0 Å². The normalized spacial score (nSPS) is 19.6. The second kappa shape index (κ2) is 5.90. The van der Waals surface area contributed by atoms with Crippen LogP contribution in [0, 0.1) is 6.92 Å². The molecule has 2 rings (SSSR count). The first-order chi connectivity index (χ1) is 9.38. The van der Waals surface area contributed by atoms with E-state index in [1.807, 2.05) is 0 Å². The Bertz CT molecular complexity index is 607. The quantitative estimate of drug-likeness (QED) is 0.874. The number of anilines is 1. The first-order valence-corrected chi connectivity index (χ1v) is 7.98. The maximum atomic E-state index is 12.1. The van der Waals surface area contributed by atoms with Crippen LogP contribution in [0.25, 0.3) is 0 Å². The largest absolute Gasteiger partial charge is 0.368 e. The number of carbonyl (C=O) groups excluding carboxylic acids is 1. The Morgan fingerprint density at radius 1 is 1.40 bits per heavy atom. The van der Waals surface area contributed by atoms with E-state index in [1.54, 1.807) is 13.0 Å². The van der Waals surface area contributed by atoms with Gasteiger partial charge in [-0.25, -0.2) is 13.6 Å². The van der Waals surface area contributed by atoms with Gasteiger partial charge in [0, 0.05) is 12.3 Å². The molecule has 1 aliphatic heterocycles. The maximum Gasteiger partial charge on any atom is 0.253 e. The summed E-state index contributed by atoms with van der Waals surface area (Å²) in [5.41, 5.74) is 1.21. The molecule has 1 saturated heterocycles. The van der Waals surface area contributed by atoms with Crippen molar-refractivity contribution in [1.82, 2.24) is 0 Å². The zero-order chi connectivity index (χ0) is 14.8. The third kappa shape index (κ3) is 3.56. The molecule has 3 N–H and O–H groups in total. The third-order valence-corrected chi connectivity index (χ3v) is 4.18. The Morgan fingerprint density at radius 2 is 2.15 bits per heavy atom. The summed E-state index contributed by atoms with van der Waals surface area (Å²) in [6.45, 7) is 2.36. The lowest BCUT2D eigenvalue weighted by molar-refractivity contribution is -0.129. The summed E-state index contributed by atoms with van der Waals surface area (Å²) in [4.78, 5) is 12.0. The van der Waals surface area contributed by atoms with E-state index in [0.717, 1.165) is 18.4 Å². The Kier molecular flexibility index (Phi) is 4.42. The summed E-state index contributed by atoms with van der Waals surface area (Å²) >= 11 is 0. The second-order valence-corrected chi connectivity index (χ2v) is 6.43. The highest BCUT2D eigenvalue weighted by Gasteiger charge is 2.22. The summed E-state index contributed by atoms with van der Waals surface area (Å²) in [6.07, 6.45) is 2.12. The Balaban J connectivity index is 2.18. The van der Waals surface area contributed by atoms with E-state index in [9.17, 15) is 13.2 Å². The molecule has 1 aromatic carbocycles. The molecule has 1 amide bonds. The highest BCUT2D eigenvalue weighted by molar-refractivity contribution is 7.89. The van der Waals surface area contributed by atoms with Crippen LogP contribution in [0.1, 0.15) is 24.8 Å². The highest BCUT2D eigenvalue weighted by atomic mass is 32.2. The molecule has 7 heteroatoms. The van der Waals surface area contributed by atoms with Crippen LogP contribution < -0.4 is 10.5 Å². The van der Waals surface area contributed by atoms with Crippen molar-refractivity contribution in [3.05, 3.63) is 23.8 Å². The van der Waals surface area contributed by atoms with E-state index in [-0.39, 0.29) is 10.8 Å². The van der Waals surface area contributed by atoms with Gasteiger partial charge in [-0.05, 0) is 43.9 Å². The molecule has 0 saturated carbocycles. The number of nitrogens with one attached hydrogen (secondary N) is 1. The molecular weight excluding hydrogens is 280 g/mol. The molecule has 6 nitrogen and oxygen atoms in total. The first kappa shape index (κ1) is 15.0. The van der Waals surface area contributed by atoms with Crippen molar-refractivity contribution in [3.63, 3.8) is 0 Å². The summed E-state index contributed by atoms with van der Waals surface area (Å²) in [6, 6.07) is 4.39. The van der Waals surface area contributed by atoms with Crippen LogP contribution in [0.4, 0.5) is 5.69 Å². The van der Waals surface area contributed by atoms with E-state index in [2.05, 4.69) is 5.32 Å². The van der Waals surface area contributed by atoms with Crippen molar-refractivity contribution < 1.29 is 17.9 Å². The van der Waals surface area contributed by atoms with Gasteiger partial charge in [0.15, 0.2) is 0 Å². The summed E-state index contributed by atoms with van der Waals surface area (Å²) in [5, 5.41) is 7.79. The maximum absolute atomic E-state index is 12.1. The van der Waals surface area contributed by atoms with Crippen molar-refractivity contribution in [2.75, 3.05) is 11.9 Å². The van der Waals surface area contributed by atoms with Crippen LogP contribution >= 0.6 is 0 Å². The predicted molar refractivity (Wildman–Crippen MR) is 74.8 cm³/mol. The zero-order valence-electron chi connectivity index (χ0n) is 11.3. The molecular formula is C13H18N2O4S. The van der Waals surface area contributed by atoms with E-state index in [4.69, 9.17) is 9.88 Å². The molecule has 1 heterocycles. The molecule has 20 heavy (non-hydrogen) atoms. The molecule has 1 aromatic rings. The SMILES string of the molecule is Cc1ccc(S(N)(=O)=O)cc1NC(=O)C1CCCCO1. The molecule has 0 bridgehead atoms. The lowest BCUT2D eigenvalue weighted by atomic mass is 10.1. The summed E-state index contributed by atoms with van der Waals surface area (Å²) in [7, 11) is -3.79. The number of carbonyl (C=O) groups is 1. The minimum Gasteiger partial charge on any atom is -0.368 e. The fourth-order valence-electron chi connectivity index (χ4n) is 2.07. The van der Waals surface area contributed by atoms with Crippen molar-refractivity contribution in [2.45, 2.75) is 37.2 Å². The second-order valence-electron chi connectivity index (χ2n) is 4.87. The Labute approximate surface area is 118 Å². The van der Waals surface area contributed by atoms with Gasteiger partial charge in [-0.2, -0.15) is 0 Å². The number of nitrogens with two attached hydrogens (primary N) is 1. The van der Waals surface area contributed by atoms with Crippen LogP contribution in [0.2, 0.25) is 0 Å². The number of aryl methyl sites for hydroxylation is 1. The predicted octanol–water partition coefficient (Wildman–Crippen LogP) is 1.15. The number of hydrogen-bond donors (Lipinski definition) is 2. The minimum atomic E-state index is -3.79. The fourth-order valence-corrected chi connectivity index (χ4v) is 2.61. The molecule has 0 aliphatic carbocycles. The Morgan fingerprint density at radius 3 is 2.75 bits per heavy atom. The molecule has 1 unspecified atom stereocenters. The van der Waals surface area contributed by atoms with E-state index < -0.39 is 16.1 Å². The summed E-state index contributed by atoms with van der Waals surface area (Å²) in [5.74, 6) is -0.251. The number of sulfonamides is 1. The van der Waals surface area contributed by atoms with Crippen LogP contribution in [-0.4, -0.2) is 27.0 Å². The minimum absolute atomic E-state index is 0.0250. The molecule has 1 atom stereocenters. The van der Waals surface area contributed by atoms with E-state index in [1.165, 1.54) is 12.1 Å². The van der Waals surface area contributed by atoms with E-state index in [0.29, 0.717) is 18.7 Å². The molecule has 110 valence electrons. The van der Waals surface area contributed by atoms with Gasteiger partial charge in [0.05, 0.1) is 4.90 Å². The van der Waals surface area contributed by atoms with Crippen molar-refractivity contribution in [3.8, 4) is 0 Å². The number of rotatable bonds is 3. The average molecular weight is 298 g/mol. The van der Waals surface area contributed by atoms with E-state index >= 15 is 0 Å². The summed E-state index contributed by atoms with van der Waals surface area (Å²) < 4.78 is 28.0. The molecule has 1 fully saturated rings. The van der Waals surface area contributed by atoms with Crippen molar-refractivity contribution in [1.29, 1.82) is 0 Å².